The van der Waals surface area contributed by atoms with Crippen molar-refractivity contribution in [2.75, 3.05) is 0 Å². The summed E-state index contributed by atoms with van der Waals surface area (Å²) >= 11 is 0. The summed E-state index contributed by atoms with van der Waals surface area (Å²) in [5.41, 5.74) is 4.74. The molecule has 0 saturated heterocycles. The van der Waals surface area contributed by atoms with Gasteiger partial charge in [0.15, 0.2) is 0 Å². The maximum Gasteiger partial charge on any atom is 0.416 e. The summed E-state index contributed by atoms with van der Waals surface area (Å²) in [4.78, 5) is 4.90. The minimum atomic E-state index is -5.02. The molecule has 0 radical (unpaired) electrons. The van der Waals surface area contributed by atoms with E-state index in [-0.39, 0.29) is 17.2 Å². The van der Waals surface area contributed by atoms with Gasteiger partial charge in [0.2, 0.25) is 0 Å². The molecule has 0 saturated carbocycles. The predicted molar refractivity (Wildman–Crippen MR) is 187 cm³/mol. The minimum absolute atomic E-state index is 0.162. The van der Waals surface area contributed by atoms with Gasteiger partial charge >= 0.3 is 12.4 Å². The van der Waals surface area contributed by atoms with Crippen molar-refractivity contribution in [2.24, 2.45) is 0 Å². The van der Waals surface area contributed by atoms with Crippen molar-refractivity contribution in [3.63, 3.8) is 0 Å². The zero-order valence-electron chi connectivity index (χ0n) is 27.4. The molecule has 0 N–H and O–H groups in total. The van der Waals surface area contributed by atoms with E-state index in [2.05, 4.69) is 12.1 Å². The van der Waals surface area contributed by atoms with Gasteiger partial charge in [-0.25, -0.2) is 4.98 Å². The Kier molecular flexibility index (Phi) is 6.95. The van der Waals surface area contributed by atoms with E-state index < -0.39 is 23.5 Å². The molecule has 3 nitrogen and oxygen atoms in total. The molecule has 0 amide bonds. The van der Waals surface area contributed by atoms with Crippen LogP contribution in [0, 0.1) is 27.7 Å². The van der Waals surface area contributed by atoms with Crippen molar-refractivity contribution < 1.29 is 26.3 Å². The smallest absolute Gasteiger partial charge is 0.307 e. The lowest BCUT2D eigenvalue weighted by Crippen LogP contribution is -2.11. The number of rotatable bonds is 3. The van der Waals surface area contributed by atoms with E-state index in [0.29, 0.717) is 11.5 Å². The molecule has 0 bridgehead atoms. The van der Waals surface area contributed by atoms with Gasteiger partial charge in [0.1, 0.15) is 5.82 Å². The van der Waals surface area contributed by atoms with Crippen LogP contribution < -0.4 is 0 Å². The number of benzene rings is 5. The maximum absolute atomic E-state index is 14.2. The summed E-state index contributed by atoms with van der Waals surface area (Å²) in [6, 6.07) is 27.1. The van der Waals surface area contributed by atoms with Crippen LogP contribution in [0.4, 0.5) is 26.3 Å². The highest BCUT2D eigenvalue weighted by Crippen LogP contribution is 2.43. The number of halogens is 6. The fourth-order valence-corrected chi connectivity index (χ4v) is 7.09. The second-order valence-electron chi connectivity index (χ2n) is 13.1. The second kappa shape index (κ2) is 11.0. The van der Waals surface area contributed by atoms with Gasteiger partial charge in [-0.05, 0) is 106 Å². The molecular formula is C41H29F6N3. The molecule has 0 fully saturated rings. The highest BCUT2D eigenvalue weighted by Gasteiger charge is 2.37. The van der Waals surface area contributed by atoms with Crippen molar-refractivity contribution >= 4 is 43.6 Å². The molecule has 3 aromatic heterocycles. The zero-order chi connectivity index (χ0) is 35.3. The van der Waals surface area contributed by atoms with E-state index in [1.54, 1.807) is 12.3 Å². The Hall–Kier alpha value is -5.57. The Morgan fingerprint density at radius 1 is 0.460 bits per heavy atom. The zero-order valence-corrected chi connectivity index (χ0v) is 27.4. The Morgan fingerprint density at radius 3 is 1.22 bits per heavy atom. The third-order valence-electron chi connectivity index (χ3n) is 9.39. The monoisotopic (exact) mass is 677 g/mol. The molecule has 8 rings (SSSR count). The van der Waals surface area contributed by atoms with Crippen LogP contribution in [0.3, 0.4) is 0 Å². The first-order valence-corrected chi connectivity index (χ1v) is 16.0. The van der Waals surface area contributed by atoms with E-state index in [1.165, 1.54) is 0 Å². The Balaban J connectivity index is 1.51. The van der Waals surface area contributed by atoms with Crippen molar-refractivity contribution in [3.8, 4) is 22.6 Å². The first-order chi connectivity index (χ1) is 23.7. The van der Waals surface area contributed by atoms with E-state index in [9.17, 15) is 26.3 Å². The molecule has 0 aliphatic heterocycles. The third-order valence-corrected chi connectivity index (χ3v) is 9.39. The fourth-order valence-electron chi connectivity index (χ4n) is 7.09. The van der Waals surface area contributed by atoms with E-state index in [1.807, 2.05) is 97.5 Å². The van der Waals surface area contributed by atoms with E-state index >= 15 is 0 Å². The molecule has 9 heteroatoms. The number of hydrogen-bond donors (Lipinski definition) is 0. The Labute approximate surface area is 283 Å². The van der Waals surface area contributed by atoms with Gasteiger partial charge in [-0.15, -0.1) is 0 Å². The lowest BCUT2D eigenvalue weighted by atomic mass is 9.98. The van der Waals surface area contributed by atoms with Gasteiger partial charge in [-0.3, -0.25) is 4.57 Å². The molecule has 0 unspecified atom stereocenters. The van der Waals surface area contributed by atoms with Gasteiger partial charge in [-0.1, -0.05) is 46.5 Å². The summed E-state index contributed by atoms with van der Waals surface area (Å²) < 4.78 is 89.3. The number of nitrogens with zero attached hydrogens (tertiary/aromatic N) is 3. The van der Waals surface area contributed by atoms with Crippen LogP contribution in [0.1, 0.15) is 33.4 Å². The molecule has 3 heterocycles. The van der Waals surface area contributed by atoms with Crippen molar-refractivity contribution in [3.05, 3.63) is 137 Å². The third kappa shape index (κ3) is 5.11. The highest BCUT2D eigenvalue weighted by atomic mass is 19.4. The molecule has 0 spiro atoms. The van der Waals surface area contributed by atoms with Crippen LogP contribution in [0.2, 0.25) is 0 Å². The highest BCUT2D eigenvalue weighted by molar-refractivity contribution is 6.11. The lowest BCUT2D eigenvalue weighted by molar-refractivity contribution is -0.143. The lowest BCUT2D eigenvalue weighted by Gasteiger charge is -2.19. The van der Waals surface area contributed by atoms with Gasteiger partial charge < -0.3 is 4.57 Å². The summed E-state index contributed by atoms with van der Waals surface area (Å²) in [7, 11) is 0. The van der Waals surface area contributed by atoms with Gasteiger partial charge in [0, 0.05) is 27.1 Å². The van der Waals surface area contributed by atoms with E-state index in [4.69, 9.17) is 4.98 Å². The van der Waals surface area contributed by atoms with Crippen LogP contribution in [-0.4, -0.2) is 14.1 Å². The molecule has 250 valence electrons. The first kappa shape index (κ1) is 31.7. The van der Waals surface area contributed by atoms with Crippen molar-refractivity contribution in [1.82, 2.24) is 14.1 Å². The number of pyridine rings is 1. The van der Waals surface area contributed by atoms with Crippen molar-refractivity contribution in [1.29, 1.82) is 0 Å². The standard InChI is InChI=1S/C41H29F6N3/c1-22-5-9-34-30(13-22)31-14-23(2)6-10-35(31)49(34)38-21-48-39(20-29(38)26-17-27(40(42,43)44)19-28(18-26)41(45,46)47)50-36-11-7-24(3)15-32(36)33-16-25(4)8-12-37(33)50/h5-21H,1-4H3. The predicted octanol–water partition coefficient (Wildman–Crippen LogP) is 12.2. The largest absolute Gasteiger partial charge is 0.416 e. The Morgan fingerprint density at radius 2 is 0.840 bits per heavy atom. The minimum Gasteiger partial charge on any atom is -0.307 e. The summed E-state index contributed by atoms with van der Waals surface area (Å²) in [5.74, 6) is 0.356. The van der Waals surface area contributed by atoms with Crippen LogP contribution >= 0.6 is 0 Å². The summed E-state index contributed by atoms with van der Waals surface area (Å²) in [6.45, 7) is 7.92. The van der Waals surface area contributed by atoms with Gasteiger partial charge in [-0.2, -0.15) is 26.3 Å². The normalized spacial score (nSPS) is 12.6. The Bertz CT molecular complexity index is 2520. The van der Waals surface area contributed by atoms with Crippen LogP contribution in [0.15, 0.2) is 103 Å². The fraction of sp³-hybridized carbons (Fsp3) is 0.146. The molecule has 0 atom stereocenters. The van der Waals surface area contributed by atoms with Gasteiger partial charge in [0.25, 0.3) is 0 Å². The number of aromatic nitrogens is 3. The number of fused-ring (bicyclic) bond motifs is 6. The van der Waals surface area contributed by atoms with Crippen LogP contribution in [0.25, 0.3) is 66.2 Å². The second-order valence-corrected chi connectivity index (χ2v) is 13.1. The van der Waals surface area contributed by atoms with Gasteiger partial charge in [0.05, 0.1) is 45.1 Å². The number of alkyl halides is 6. The molecule has 0 aliphatic carbocycles. The maximum atomic E-state index is 14.2. The molecular weight excluding hydrogens is 648 g/mol. The molecule has 0 aliphatic rings. The average Bonchev–Trinajstić information content (AvgIpc) is 3.54. The van der Waals surface area contributed by atoms with E-state index in [0.717, 1.165) is 78.0 Å². The average molecular weight is 678 g/mol. The topological polar surface area (TPSA) is 22.8 Å². The number of aryl methyl sites for hydroxylation is 4. The molecule has 50 heavy (non-hydrogen) atoms. The SMILES string of the molecule is Cc1ccc2c(c1)c1cc(C)ccc1n2-c1cc(-c2cc(C(F)(F)F)cc(C(F)(F)F)c2)c(-n2c3ccc(C)cc3c3cc(C)ccc32)cn1. The summed E-state index contributed by atoms with van der Waals surface area (Å²) in [6.07, 6.45) is -8.48. The first-order valence-electron chi connectivity index (χ1n) is 16.0. The quantitative estimate of drug-likeness (QED) is 0.171. The van der Waals surface area contributed by atoms with Crippen molar-refractivity contribution in [2.45, 2.75) is 40.0 Å². The molecule has 8 aromatic rings. The summed E-state index contributed by atoms with van der Waals surface area (Å²) in [5, 5.41) is 3.74. The number of hydrogen-bond acceptors (Lipinski definition) is 1. The van der Waals surface area contributed by atoms with Crippen LogP contribution in [-0.2, 0) is 12.4 Å². The van der Waals surface area contributed by atoms with Crippen LogP contribution in [0.5, 0.6) is 0 Å². The molecule has 5 aromatic carbocycles.